The van der Waals surface area contributed by atoms with Gasteiger partial charge in [-0.1, -0.05) is 15.9 Å². The molecule has 1 aromatic heterocycles. The summed E-state index contributed by atoms with van der Waals surface area (Å²) in [6, 6.07) is 11.5. The monoisotopic (exact) mass is 457 g/mol. The molecule has 0 bridgehead atoms. The first-order chi connectivity index (χ1) is 14.0. The molecular weight excluding hydrogens is 438 g/mol. The fraction of sp³-hybridized carbons (Fsp3) is 0.238. The molecule has 2 heterocycles. The SMILES string of the molecule is COc1cc(C2CC(=O)Nc3c2cnn3-c2ccc(Br)cc2)cc(OC)c1OC. The van der Waals surface area contributed by atoms with Crippen molar-refractivity contribution in [3.63, 3.8) is 0 Å². The maximum absolute atomic E-state index is 12.5. The lowest BCUT2D eigenvalue weighted by molar-refractivity contribution is -0.116. The van der Waals surface area contributed by atoms with Gasteiger partial charge in [0.15, 0.2) is 11.5 Å². The van der Waals surface area contributed by atoms with Crippen molar-refractivity contribution in [2.45, 2.75) is 12.3 Å². The second-order valence-corrected chi connectivity index (χ2v) is 7.52. The van der Waals surface area contributed by atoms with Crippen LogP contribution in [0.5, 0.6) is 17.2 Å². The van der Waals surface area contributed by atoms with Crippen molar-refractivity contribution in [3.8, 4) is 22.9 Å². The van der Waals surface area contributed by atoms with Crippen molar-refractivity contribution < 1.29 is 19.0 Å². The molecular formula is C21H20BrN3O4. The van der Waals surface area contributed by atoms with E-state index in [2.05, 4.69) is 26.3 Å². The smallest absolute Gasteiger partial charge is 0.226 e. The average Bonchev–Trinajstić information content (AvgIpc) is 3.16. The molecule has 3 aromatic rings. The summed E-state index contributed by atoms with van der Waals surface area (Å²) in [4.78, 5) is 12.5. The van der Waals surface area contributed by atoms with Crippen LogP contribution in [0, 0.1) is 0 Å². The van der Waals surface area contributed by atoms with Crippen LogP contribution >= 0.6 is 15.9 Å². The van der Waals surface area contributed by atoms with Crippen molar-refractivity contribution in [2.24, 2.45) is 0 Å². The topological polar surface area (TPSA) is 74.6 Å². The van der Waals surface area contributed by atoms with Gasteiger partial charge in [0, 0.05) is 22.4 Å². The van der Waals surface area contributed by atoms with E-state index in [1.54, 1.807) is 32.2 Å². The van der Waals surface area contributed by atoms with Crippen molar-refractivity contribution in [1.29, 1.82) is 0 Å². The Bertz CT molecular complexity index is 1040. The molecule has 0 fully saturated rings. The fourth-order valence-electron chi connectivity index (χ4n) is 3.60. The van der Waals surface area contributed by atoms with Gasteiger partial charge in [0.25, 0.3) is 0 Å². The van der Waals surface area contributed by atoms with Gasteiger partial charge < -0.3 is 19.5 Å². The molecule has 0 spiro atoms. The second kappa shape index (κ2) is 7.79. The summed E-state index contributed by atoms with van der Waals surface area (Å²) >= 11 is 3.44. The third kappa shape index (κ3) is 3.44. The molecule has 1 aliphatic rings. The minimum absolute atomic E-state index is 0.0740. The molecule has 2 aromatic carbocycles. The van der Waals surface area contributed by atoms with Gasteiger partial charge >= 0.3 is 0 Å². The van der Waals surface area contributed by atoms with Crippen LogP contribution in [0.15, 0.2) is 47.1 Å². The standard InChI is InChI=1S/C21H20BrN3O4/c1-27-17-8-12(9-18(28-2)20(17)29-3)15-10-19(26)24-21-16(15)11-23-25(21)14-6-4-13(22)5-7-14/h4-9,11,15H,10H2,1-3H3,(H,24,26). The number of hydrogen-bond acceptors (Lipinski definition) is 5. The largest absolute Gasteiger partial charge is 0.493 e. The number of rotatable bonds is 5. The van der Waals surface area contributed by atoms with Crippen LogP contribution in [0.4, 0.5) is 5.82 Å². The van der Waals surface area contributed by atoms with Gasteiger partial charge in [-0.2, -0.15) is 5.10 Å². The lowest BCUT2D eigenvalue weighted by Gasteiger charge is -2.25. The first-order valence-corrected chi connectivity index (χ1v) is 9.78. The van der Waals surface area contributed by atoms with Gasteiger partial charge in [0.05, 0.1) is 33.2 Å². The summed E-state index contributed by atoms with van der Waals surface area (Å²) in [5.41, 5.74) is 2.69. The molecule has 1 atom stereocenters. The number of benzene rings is 2. The highest BCUT2D eigenvalue weighted by atomic mass is 79.9. The Kier molecular flexibility index (Phi) is 5.19. The van der Waals surface area contributed by atoms with E-state index >= 15 is 0 Å². The highest BCUT2D eigenvalue weighted by Crippen LogP contribution is 2.44. The van der Waals surface area contributed by atoms with Crippen LogP contribution in [0.2, 0.25) is 0 Å². The minimum Gasteiger partial charge on any atom is -0.493 e. The number of carbonyl (C=O) groups is 1. The summed E-state index contributed by atoms with van der Waals surface area (Å²) in [6.45, 7) is 0. The van der Waals surface area contributed by atoms with E-state index in [1.165, 1.54) is 0 Å². The average molecular weight is 458 g/mol. The van der Waals surface area contributed by atoms with Gasteiger partial charge in [-0.15, -0.1) is 0 Å². The highest BCUT2D eigenvalue weighted by Gasteiger charge is 2.31. The zero-order valence-corrected chi connectivity index (χ0v) is 17.8. The zero-order chi connectivity index (χ0) is 20.5. The molecule has 7 nitrogen and oxygen atoms in total. The number of hydrogen-bond donors (Lipinski definition) is 1. The van der Waals surface area contributed by atoms with E-state index in [0.717, 1.165) is 21.3 Å². The number of anilines is 1. The molecule has 1 unspecified atom stereocenters. The van der Waals surface area contributed by atoms with E-state index < -0.39 is 0 Å². The second-order valence-electron chi connectivity index (χ2n) is 6.60. The number of methoxy groups -OCH3 is 3. The summed E-state index contributed by atoms with van der Waals surface area (Å²) in [5, 5.41) is 7.49. The highest BCUT2D eigenvalue weighted by molar-refractivity contribution is 9.10. The van der Waals surface area contributed by atoms with Crippen molar-refractivity contribution in [2.75, 3.05) is 26.6 Å². The molecule has 8 heteroatoms. The predicted molar refractivity (Wildman–Crippen MR) is 112 cm³/mol. The van der Waals surface area contributed by atoms with E-state index in [0.29, 0.717) is 29.5 Å². The Labute approximate surface area is 176 Å². The van der Waals surface area contributed by atoms with E-state index in [9.17, 15) is 4.79 Å². The van der Waals surface area contributed by atoms with Gasteiger partial charge in [0.2, 0.25) is 11.7 Å². The van der Waals surface area contributed by atoms with Crippen molar-refractivity contribution in [1.82, 2.24) is 9.78 Å². The first kappa shape index (κ1) is 19.3. The summed E-state index contributed by atoms with van der Waals surface area (Å²) in [5.74, 6) is 2.03. The number of halogens is 1. The fourth-order valence-corrected chi connectivity index (χ4v) is 3.86. The zero-order valence-electron chi connectivity index (χ0n) is 16.2. The number of fused-ring (bicyclic) bond motifs is 1. The lowest BCUT2D eigenvalue weighted by atomic mass is 9.87. The molecule has 1 aliphatic heterocycles. The normalized spacial score (nSPS) is 15.4. The molecule has 1 amide bonds. The van der Waals surface area contributed by atoms with Crippen LogP contribution in [0.3, 0.4) is 0 Å². The summed E-state index contributed by atoms with van der Waals surface area (Å²) < 4.78 is 19.1. The number of carbonyl (C=O) groups excluding carboxylic acids is 1. The molecule has 1 N–H and O–H groups in total. The van der Waals surface area contributed by atoms with Crippen LogP contribution < -0.4 is 19.5 Å². The van der Waals surface area contributed by atoms with Crippen LogP contribution in [0.25, 0.3) is 5.69 Å². The molecule has 150 valence electrons. The van der Waals surface area contributed by atoms with E-state index in [1.807, 2.05) is 36.4 Å². The lowest BCUT2D eigenvalue weighted by Crippen LogP contribution is -2.24. The Morgan fingerprint density at radius 1 is 1.07 bits per heavy atom. The molecule has 29 heavy (non-hydrogen) atoms. The van der Waals surface area contributed by atoms with Crippen LogP contribution in [-0.2, 0) is 4.79 Å². The van der Waals surface area contributed by atoms with Crippen LogP contribution in [0.1, 0.15) is 23.5 Å². The first-order valence-electron chi connectivity index (χ1n) is 8.99. The Hall–Kier alpha value is -3.00. The Morgan fingerprint density at radius 3 is 2.31 bits per heavy atom. The van der Waals surface area contributed by atoms with E-state index in [4.69, 9.17) is 14.2 Å². The minimum atomic E-state index is -0.184. The van der Waals surface area contributed by atoms with Crippen molar-refractivity contribution in [3.05, 3.63) is 58.2 Å². The Morgan fingerprint density at radius 2 is 1.72 bits per heavy atom. The van der Waals surface area contributed by atoms with Gasteiger partial charge in [-0.3, -0.25) is 4.79 Å². The summed E-state index contributed by atoms with van der Waals surface area (Å²) in [7, 11) is 4.71. The molecule has 4 rings (SSSR count). The third-order valence-electron chi connectivity index (χ3n) is 4.98. The molecule has 0 saturated heterocycles. The van der Waals surface area contributed by atoms with Gasteiger partial charge in [-0.05, 0) is 42.0 Å². The Balaban J connectivity index is 1.82. The van der Waals surface area contributed by atoms with E-state index in [-0.39, 0.29) is 11.8 Å². The van der Waals surface area contributed by atoms with Gasteiger partial charge in [-0.25, -0.2) is 4.68 Å². The predicted octanol–water partition coefficient (Wildman–Crippen LogP) is 4.13. The number of aromatic nitrogens is 2. The number of ether oxygens (including phenoxy) is 3. The quantitative estimate of drug-likeness (QED) is 0.623. The van der Waals surface area contributed by atoms with Crippen LogP contribution in [-0.4, -0.2) is 37.0 Å². The maximum atomic E-state index is 12.5. The number of amides is 1. The molecule has 0 saturated carbocycles. The molecule has 0 radical (unpaired) electrons. The van der Waals surface area contributed by atoms with Crippen molar-refractivity contribution >= 4 is 27.7 Å². The third-order valence-corrected chi connectivity index (χ3v) is 5.51. The number of nitrogens with zero attached hydrogens (tertiary/aromatic N) is 2. The molecule has 0 aliphatic carbocycles. The maximum Gasteiger partial charge on any atom is 0.226 e. The number of nitrogens with one attached hydrogen (secondary N) is 1. The summed E-state index contributed by atoms with van der Waals surface area (Å²) in [6.07, 6.45) is 2.10. The van der Waals surface area contributed by atoms with Gasteiger partial charge in [0.1, 0.15) is 5.82 Å².